The smallest absolute Gasteiger partial charge is 0.411 e. The minimum atomic E-state index is -0.748. The molecule has 2 atom stereocenters. The fraction of sp³-hybridized carbons (Fsp3) is 0.381. The number of hydrogen-bond donors (Lipinski definition) is 1. The molecule has 1 saturated heterocycles. The van der Waals surface area contributed by atoms with Gasteiger partial charge in [-0.1, -0.05) is 65.3 Å². The van der Waals surface area contributed by atoms with Gasteiger partial charge in [0.25, 0.3) is 0 Å². The number of aliphatic hydroxyl groups excluding tert-OH is 1. The molecule has 2 aromatic carbocycles. The second-order valence-corrected chi connectivity index (χ2v) is 7.54. The Morgan fingerprint density at radius 1 is 1.19 bits per heavy atom. The molecule has 1 aliphatic rings. The third-order valence-corrected chi connectivity index (χ3v) is 5.64. The number of halogens is 1. The first-order valence-electron chi connectivity index (χ1n) is 9.01. The van der Waals surface area contributed by atoms with Crippen LogP contribution in [0.5, 0.6) is 0 Å². The lowest BCUT2D eigenvalue weighted by atomic mass is 9.85. The summed E-state index contributed by atoms with van der Waals surface area (Å²) in [5.74, 6) is 0. The van der Waals surface area contributed by atoms with Crippen molar-refractivity contribution in [1.29, 1.82) is 0 Å². The van der Waals surface area contributed by atoms with E-state index >= 15 is 0 Å². The van der Waals surface area contributed by atoms with Gasteiger partial charge >= 0.3 is 6.09 Å². The number of cyclic esters (lactones) is 1. The molecule has 4 nitrogen and oxygen atoms in total. The summed E-state index contributed by atoms with van der Waals surface area (Å²) in [5.41, 5.74) is 1.29. The summed E-state index contributed by atoms with van der Waals surface area (Å²) in [6.07, 6.45) is 1.57. The van der Waals surface area contributed by atoms with Crippen LogP contribution in [0.25, 0.3) is 0 Å². The minimum Gasteiger partial charge on any atom is -0.438 e. The Kier molecular flexibility index (Phi) is 5.99. The highest BCUT2D eigenvalue weighted by atomic mass is 79.9. The molecule has 0 aromatic heterocycles. The van der Waals surface area contributed by atoms with Crippen LogP contribution in [0.15, 0.2) is 59.1 Å². The van der Waals surface area contributed by atoms with E-state index in [-0.39, 0.29) is 18.7 Å². The molecule has 1 amide bonds. The molecule has 1 unspecified atom stereocenters. The standard InChI is InChI=1S/C21H24BrNO3/c1-2-19(16-8-10-18(22)11-9-16)23-14-12-21(13-15-24,26-20(23)25)17-6-4-3-5-7-17/h3-11,19,24H,2,12-15H2,1H3/t19-,21?/m0/s1. The number of carbonyl (C=O) groups is 1. The molecule has 1 heterocycles. The monoisotopic (exact) mass is 417 g/mol. The largest absolute Gasteiger partial charge is 0.438 e. The van der Waals surface area contributed by atoms with Crippen LogP contribution in [0.1, 0.15) is 43.4 Å². The van der Waals surface area contributed by atoms with E-state index in [0.717, 1.165) is 22.0 Å². The molecule has 0 spiro atoms. The topological polar surface area (TPSA) is 49.8 Å². The van der Waals surface area contributed by atoms with E-state index in [1.165, 1.54) is 0 Å². The summed E-state index contributed by atoms with van der Waals surface area (Å²) in [6.45, 7) is 2.65. The molecule has 0 bridgehead atoms. The predicted octanol–water partition coefficient (Wildman–Crippen LogP) is 5.02. The van der Waals surface area contributed by atoms with Gasteiger partial charge in [-0.3, -0.25) is 0 Å². The highest BCUT2D eigenvalue weighted by molar-refractivity contribution is 9.10. The van der Waals surface area contributed by atoms with Crippen molar-refractivity contribution in [2.45, 2.75) is 37.8 Å². The molecular weight excluding hydrogens is 394 g/mol. The van der Waals surface area contributed by atoms with Crippen molar-refractivity contribution in [2.24, 2.45) is 0 Å². The van der Waals surface area contributed by atoms with Crippen molar-refractivity contribution in [1.82, 2.24) is 4.90 Å². The van der Waals surface area contributed by atoms with Crippen LogP contribution in [0.3, 0.4) is 0 Å². The summed E-state index contributed by atoms with van der Waals surface area (Å²) in [7, 11) is 0. The van der Waals surface area contributed by atoms with E-state index in [1.54, 1.807) is 0 Å². The van der Waals surface area contributed by atoms with Gasteiger partial charge in [0.1, 0.15) is 5.60 Å². The Hall–Kier alpha value is -1.85. The Balaban J connectivity index is 1.84. The Morgan fingerprint density at radius 2 is 1.88 bits per heavy atom. The average Bonchev–Trinajstić information content (AvgIpc) is 2.66. The number of benzene rings is 2. The van der Waals surface area contributed by atoms with Gasteiger partial charge in [-0.15, -0.1) is 0 Å². The van der Waals surface area contributed by atoms with E-state index < -0.39 is 5.60 Å². The first kappa shape index (κ1) is 18.9. The second-order valence-electron chi connectivity index (χ2n) is 6.62. The lowest BCUT2D eigenvalue weighted by Gasteiger charge is -2.44. The summed E-state index contributed by atoms with van der Waals surface area (Å²) in [5, 5.41) is 9.55. The maximum absolute atomic E-state index is 12.9. The van der Waals surface area contributed by atoms with Crippen molar-refractivity contribution in [3.05, 3.63) is 70.2 Å². The SMILES string of the molecule is CC[C@@H](c1ccc(Br)cc1)N1CCC(CCO)(c2ccccc2)OC1=O. The van der Waals surface area contributed by atoms with Gasteiger partial charge in [-0.2, -0.15) is 0 Å². The van der Waals surface area contributed by atoms with Crippen molar-refractivity contribution in [3.8, 4) is 0 Å². The Bertz CT molecular complexity index is 735. The summed E-state index contributed by atoms with van der Waals surface area (Å²) >= 11 is 3.45. The summed E-state index contributed by atoms with van der Waals surface area (Å²) < 4.78 is 6.98. The van der Waals surface area contributed by atoms with Crippen LogP contribution in [0, 0.1) is 0 Å². The zero-order valence-electron chi connectivity index (χ0n) is 14.9. The Morgan fingerprint density at radius 3 is 2.46 bits per heavy atom. The number of carbonyl (C=O) groups excluding carboxylic acids is 1. The third kappa shape index (κ3) is 3.79. The summed E-state index contributed by atoms with van der Waals surface area (Å²) in [6, 6.07) is 17.8. The summed E-state index contributed by atoms with van der Waals surface area (Å²) in [4.78, 5) is 14.7. The highest BCUT2D eigenvalue weighted by Crippen LogP contribution is 2.40. The fourth-order valence-electron chi connectivity index (χ4n) is 3.72. The molecule has 0 saturated carbocycles. The number of hydrogen-bond acceptors (Lipinski definition) is 3. The molecule has 26 heavy (non-hydrogen) atoms. The zero-order valence-corrected chi connectivity index (χ0v) is 16.5. The normalized spacial score (nSPS) is 21.3. The second kappa shape index (κ2) is 8.23. The quantitative estimate of drug-likeness (QED) is 0.717. The molecule has 0 aliphatic carbocycles. The van der Waals surface area contributed by atoms with Crippen molar-refractivity contribution in [3.63, 3.8) is 0 Å². The van der Waals surface area contributed by atoms with Gasteiger partial charge < -0.3 is 14.7 Å². The van der Waals surface area contributed by atoms with E-state index in [0.29, 0.717) is 19.4 Å². The lowest BCUT2D eigenvalue weighted by molar-refractivity contribution is -0.0734. The molecule has 1 fully saturated rings. The van der Waals surface area contributed by atoms with Crippen LogP contribution in [-0.4, -0.2) is 29.3 Å². The third-order valence-electron chi connectivity index (χ3n) is 5.11. The van der Waals surface area contributed by atoms with Crippen molar-refractivity contribution >= 4 is 22.0 Å². The maximum atomic E-state index is 12.9. The fourth-order valence-corrected chi connectivity index (χ4v) is 3.98. The number of rotatable bonds is 6. The molecule has 2 aromatic rings. The Labute approximate surface area is 162 Å². The molecule has 138 valence electrons. The molecule has 1 aliphatic heterocycles. The van der Waals surface area contributed by atoms with E-state index in [4.69, 9.17) is 4.74 Å². The molecule has 3 rings (SSSR count). The lowest BCUT2D eigenvalue weighted by Crippen LogP contribution is -2.49. The average molecular weight is 418 g/mol. The van der Waals surface area contributed by atoms with Crippen molar-refractivity contribution in [2.75, 3.05) is 13.2 Å². The van der Waals surface area contributed by atoms with Gasteiger partial charge in [0.15, 0.2) is 0 Å². The molecular formula is C21H24BrNO3. The van der Waals surface area contributed by atoms with Gasteiger partial charge in [0.05, 0.1) is 6.04 Å². The van der Waals surface area contributed by atoms with Gasteiger partial charge in [0, 0.05) is 30.5 Å². The van der Waals surface area contributed by atoms with Crippen LogP contribution in [0.2, 0.25) is 0 Å². The van der Waals surface area contributed by atoms with E-state index in [2.05, 4.69) is 22.9 Å². The zero-order chi connectivity index (χ0) is 18.6. The molecule has 1 N–H and O–H groups in total. The van der Waals surface area contributed by atoms with Crippen LogP contribution >= 0.6 is 15.9 Å². The highest BCUT2D eigenvalue weighted by Gasteiger charge is 2.43. The van der Waals surface area contributed by atoms with Crippen molar-refractivity contribution < 1.29 is 14.6 Å². The maximum Gasteiger partial charge on any atom is 0.411 e. The first-order chi connectivity index (χ1) is 12.6. The van der Waals surface area contributed by atoms with Gasteiger partial charge in [-0.25, -0.2) is 4.79 Å². The van der Waals surface area contributed by atoms with E-state index in [1.807, 2.05) is 59.5 Å². The first-order valence-corrected chi connectivity index (χ1v) is 9.80. The number of amides is 1. The molecule has 5 heteroatoms. The van der Waals surface area contributed by atoms with Crippen LogP contribution in [0.4, 0.5) is 4.79 Å². The number of ether oxygens (including phenoxy) is 1. The van der Waals surface area contributed by atoms with E-state index in [9.17, 15) is 9.90 Å². The van der Waals surface area contributed by atoms with Crippen LogP contribution in [-0.2, 0) is 10.3 Å². The van der Waals surface area contributed by atoms with Gasteiger partial charge in [0.2, 0.25) is 0 Å². The minimum absolute atomic E-state index is 0.0153. The number of nitrogens with zero attached hydrogens (tertiary/aromatic N) is 1. The molecule has 0 radical (unpaired) electrons. The van der Waals surface area contributed by atoms with Gasteiger partial charge in [-0.05, 0) is 29.7 Å². The predicted molar refractivity (Wildman–Crippen MR) is 105 cm³/mol. The van der Waals surface area contributed by atoms with Crippen LogP contribution < -0.4 is 0 Å². The number of aliphatic hydroxyl groups is 1.